The highest BCUT2D eigenvalue weighted by Crippen LogP contribution is 2.28. The Morgan fingerprint density at radius 1 is 1.25 bits per heavy atom. The first-order valence-electron chi connectivity index (χ1n) is 4.67. The molecule has 0 aliphatic heterocycles. The lowest BCUT2D eigenvalue weighted by Crippen LogP contribution is -1.97. The summed E-state index contributed by atoms with van der Waals surface area (Å²) in [6.45, 7) is 1.95. The molecular weight excluding hydrogens is 270 g/mol. The number of halogens is 1. The van der Waals surface area contributed by atoms with Crippen molar-refractivity contribution in [3.63, 3.8) is 0 Å². The minimum absolute atomic E-state index is 0.280. The van der Waals surface area contributed by atoms with Crippen LogP contribution in [0, 0.1) is 6.92 Å². The van der Waals surface area contributed by atoms with E-state index in [-0.39, 0.29) is 5.82 Å². The van der Waals surface area contributed by atoms with Crippen molar-refractivity contribution in [2.45, 2.75) is 6.92 Å². The number of benzene rings is 1. The third-order valence-corrected chi connectivity index (χ3v) is 2.54. The maximum absolute atomic E-state index is 5.65. The van der Waals surface area contributed by atoms with E-state index < -0.39 is 0 Å². The van der Waals surface area contributed by atoms with Gasteiger partial charge in [0.1, 0.15) is 5.75 Å². The second-order valence-corrected chi connectivity index (χ2v) is 4.17. The van der Waals surface area contributed by atoms with Crippen LogP contribution in [0.5, 0.6) is 11.6 Å². The zero-order valence-corrected chi connectivity index (χ0v) is 10.2. The predicted octanol–water partition coefficient (Wildman–Crippen LogP) is 2.92. The van der Waals surface area contributed by atoms with Crippen molar-refractivity contribution >= 4 is 21.7 Å². The van der Waals surface area contributed by atoms with Crippen LogP contribution in [-0.4, -0.2) is 9.97 Å². The molecule has 0 saturated heterocycles. The van der Waals surface area contributed by atoms with Gasteiger partial charge in [-0.3, -0.25) is 0 Å². The summed E-state index contributed by atoms with van der Waals surface area (Å²) < 4.78 is 6.53. The molecule has 0 unspecified atom stereocenters. The fourth-order valence-electron chi connectivity index (χ4n) is 1.20. The molecule has 0 radical (unpaired) electrons. The van der Waals surface area contributed by atoms with Gasteiger partial charge in [-0.15, -0.1) is 0 Å². The van der Waals surface area contributed by atoms with Gasteiger partial charge >= 0.3 is 0 Å². The van der Waals surface area contributed by atoms with Gasteiger partial charge in [0.2, 0.25) is 0 Å². The van der Waals surface area contributed by atoms with Crippen molar-refractivity contribution < 1.29 is 4.74 Å². The zero-order chi connectivity index (χ0) is 11.5. The summed E-state index contributed by atoms with van der Waals surface area (Å²) in [5.41, 5.74) is 6.65. The molecule has 2 N–H and O–H groups in total. The lowest BCUT2D eigenvalue weighted by atomic mass is 10.2. The maximum Gasteiger partial charge on any atom is 0.262 e. The molecule has 16 heavy (non-hydrogen) atoms. The number of aryl methyl sites for hydroxylation is 1. The molecule has 2 aromatic rings. The second-order valence-electron chi connectivity index (χ2n) is 3.26. The summed E-state index contributed by atoms with van der Waals surface area (Å²) in [5, 5.41) is 0. The summed E-state index contributed by atoms with van der Waals surface area (Å²) in [7, 11) is 0. The lowest BCUT2D eigenvalue weighted by molar-refractivity contribution is 0.459. The molecule has 1 aromatic heterocycles. The lowest BCUT2D eigenvalue weighted by Gasteiger charge is -2.08. The summed E-state index contributed by atoms with van der Waals surface area (Å²) in [6, 6.07) is 5.76. The molecule has 0 atom stereocenters. The predicted molar refractivity (Wildman–Crippen MR) is 65.4 cm³/mol. The van der Waals surface area contributed by atoms with Gasteiger partial charge in [0.05, 0.1) is 0 Å². The molecule has 1 heterocycles. The number of hydrogen-bond donors (Lipinski definition) is 1. The molecular formula is C11H10BrN3O. The van der Waals surface area contributed by atoms with Crippen LogP contribution in [0.3, 0.4) is 0 Å². The van der Waals surface area contributed by atoms with Crippen molar-refractivity contribution in [2.75, 3.05) is 5.73 Å². The topological polar surface area (TPSA) is 61.0 Å². The van der Waals surface area contributed by atoms with Gasteiger partial charge in [-0.05, 0) is 24.6 Å². The van der Waals surface area contributed by atoms with Gasteiger partial charge in [0.25, 0.3) is 5.88 Å². The third kappa shape index (κ3) is 2.30. The van der Waals surface area contributed by atoms with E-state index in [0.29, 0.717) is 11.6 Å². The molecule has 5 heteroatoms. The van der Waals surface area contributed by atoms with Crippen LogP contribution in [0.1, 0.15) is 5.56 Å². The number of nitrogens with zero attached hydrogens (tertiary/aromatic N) is 2. The average molecular weight is 280 g/mol. The fraction of sp³-hybridized carbons (Fsp3) is 0.0909. The van der Waals surface area contributed by atoms with Crippen molar-refractivity contribution in [2.24, 2.45) is 0 Å². The van der Waals surface area contributed by atoms with Gasteiger partial charge in [-0.25, -0.2) is 9.97 Å². The van der Waals surface area contributed by atoms with E-state index in [4.69, 9.17) is 10.5 Å². The van der Waals surface area contributed by atoms with Crippen LogP contribution in [0.15, 0.2) is 35.1 Å². The SMILES string of the molecule is Cc1ccc(Br)cc1Oc1nccnc1N. The molecule has 0 aliphatic rings. The van der Waals surface area contributed by atoms with E-state index >= 15 is 0 Å². The van der Waals surface area contributed by atoms with E-state index in [1.807, 2.05) is 25.1 Å². The average Bonchev–Trinajstić information content (AvgIpc) is 2.27. The fourth-order valence-corrected chi connectivity index (χ4v) is 1.54. The minimum atomic E-state index is 0.280. The summed E-state index contributed by atoms with van der Waals surface area (Å²) >= 11 is 3.38. The van der Waals surface area contributed by atoms with E-state index in [2.05, 4.69) is 25.9 Å². The molecule has 0 amide bonds. The van der Waals surface area contributed by atoms with Crippen molar-refractivity contribution in [3.8, 4) is 11.6 Å². The summed E-state index contributed by atoms with van der Waals surface area (Å²) in [6.07, 6.45) is 3.06. The van der Waals surface area contributed by atoms with Crippen LogP contribution in [-0.2, 0) is 0 Å². The zero-order valence-electron chi connectivity index (χ0n) is 8.64. The second kappa shape index (κ2) is 4.49. The largest absolute Gasteiger partial charge is 0.436 e. The quantitative estimate of drug-likeness (QED) is 0.918. The molecule has 1 aromatic carbocycles. The molecule has 0 bridgehead atoms. The first kappa shape index (κ1) is 10.9. The van der Waals surface area contributed by atoms with Gasteiger partial charge in [0, 0.05) is 16.9 Å². The van der Waals surface area contributed by atoms with Crippen LogP contribution in [0.2, 0.25) is 0 Å². The molecule has 0 fully saturated rings. The molecule has 0 saturated carbocycles. The number of anilines is 1. The standard InChI is InChI=1S/C11H10BrN3O/c1-7-2-3-8(12)6-9(7)16-11-10(13)14-4-5-15-11/h2-6H,1H3,(H2,13,14). The molecule has 82 valence electrons. The maximum atomic E-state index is 5.65. The molecule has 0 spiro atoms. The van der Waals surface area contributed by atoms with Crippen molar-refractivity contribution in [1.29, 1.82) is 0 Å². The Kier molecular flexibility index (Phi) is 3.05. The first-order chi connectivity index (χ1) is 7.66. The number of nitrogens with two attached hydrogens (primary N) is 1. The van der Waals surface area contributed by atoms with Crippen LogP contribution in [0.25, 0.3) is 0 Å². The van der Waals surface area contributed by atoms with Gasteiger partial charge in [0.15, 0.2) is 5.82 Å². The first-order valence-corrected chi connectivity index (χ1v) is 5.46. The Morgan fingerprint density at radius 3 is 2.75 bits per heavy atom. The highest BCUT2D eigenvalue weighted by Gasteiger charge is 2.06. The normalized spacial score (nSPS) is 10.1. The Balaban J connectivity index is 2.34. The summed E-state index contributed by atoms with van der Waals surface area (Å²) in [4.78, 5) is 7.93. The van der Waals surface area contributed by atoms with Crippen LogP contribution in [0.4, 0.5) is 5.82 Å². The van der Waals surface area contributed by atoms with E-state index in [9.17, 15) is 0 Å². The van der Waals surface area contributed by atoms with Crippen LogP contribution < -0.4 is 10.5 Å². The smallest absolute Gasteiger partial charge is 0.262 e. The monoisotopic (exact) mass is 279 g/mol. The number of rotatable bonds is 2. The summed E-state index contributed by atoms with van der Waals surface area (Å²) in [5.74, 6) is 1.31. The highest BCUT2D eigenvalue weighted by molar-refractivity contribution is 9.10. The Labute approximate surface area is 102 Å². The Hall–Kier alpha value is -1.62. The third-order valence-electron chi connectivity index (χ3n) is 2.05. The van der Waals surface area contributed by atoms with Gasteiger partial charge < -0.3 is 10.5 Å². The van der Waals surface area contributed by atoms with Crippen molar-refractivity contribution in [3.05, 3.63) is 40.6 Å². The van der Waals surface area contributed by atoms with E-state index in [0.717, 1.165) is 10.0 Å². The molecule has 2 rings (SSSR count). The van der Waals surface area contributed by atoms with E-state index in [1.165, 1.54) is 6.20 Å². The van der Waals surface area contributed by atoms with Gasteiger partial charge in [-0.1, -0.05) is 22.0 Å². The Bertz CT molecular complexity index is 516. The number of hydrogen-bond acceptors (Lipinski definition) is 4. The van der Waals surface area contributed by atoms with Crippen LogP contribution >= 0.6 is 15.9 Å². The molecule has 4 nitrogen and oxygen atoms in total. The van der Waals surface area contributed by atoms with Crippen molar-refractivity contribution in [1.82, 2.24) is 9.97 Å². The van der Waals surface area contributed by atoms with E-state index in [1.54, 1.807) is 6.20 Å². The molecule has 0 aliphatic carbocycles. The number of aromatic nitrogens is 2. The minimum Gasteiger partial charge on any atom is -0.436 e. The Morgan fingerprint density at radius 2 is 2.00 bits per heavy atom. The highest BCUT2D eigenvalue weighted by atomic mass is 79.9. The van der Waals surface area contributed by atoms with Gasteiger partial charge in [-0.2, -0.15) is 0 Å². The number of nitrogen functional groups attached to an aromatic ring is 1. The number of ether oxygens (including phenoxy) is 1.